The first-order valence-electron chi connectivity index (χ1n) is 7.22. The van der Waals surface area contributed by atoms with E-state index in [1.165, 1.54) is 0 Å². The van der Waals surface area contributed by atoms with Crippen LogP contribution in [0.2, 0.25) is 0 Å². The van der Waals surface area contributed by atoms with Crippen LogP contribution < -0.4 is 11.1 Å². The van der Waals surface area contributed by atoms with E-state index in [0.29, 0.717) is 19.3 Å². The highest BCUT2D eigenvalue weighted by molar-refractivity contribution is 5.92. The van der Waals surface area contributed by atoms with Gasteiger partial charge in [0.25, 0.3) is 0 Å². The highest BCUT2D eigenvalue weighted by atomic mass is 16.2. The molecular formula is C14H22N2O3. The zero-order valence-corrected chi connectivity index (χ0v) is 11.2. The van der Waals surface area contributed by atoms with Gasteiger partial charge in [0.05, 0.1) is 6.04 Å². The number of amides is 2. The summed E-state index contributed by atoms with van der Waals surface area (Å²) in [5.74, 6) is -1.15. The summed E-state index contributed by atoms with van der Waals surface area (Å²) < 4.78 is 0. The normalized spacial score (nSPS) is 31.8. The molecule has 2 fully saturated rings. The highest BCUT2D eigenvalue weighted by Gasteiger charge is 2.36. The number of rotatable bonds is 3. The van der Waals surface area contributed by atoms with Crippen LogP contribution in [0.1, 0.15) is 51.4 Å². The fourth-order valence-corrected chi connectivity index (χ4v) is 3.20. The van der Waals surface area contributed by atoms with Gasteiger partial charge in [-0.25, -0.2) is 0 Å². The molecule has 0 radical (unpaired) electrons. The van der Waals surface area contributed by atoms with Gasteiger partial charge in [-0.2, -0.15) is 0 Å². The third kappa shape index (κ3) is 3.33. The summed E-state index contributed by atoms with van der Waals surface area (Å²) in [4.78, 5) is 35.4. The van der Waals surface area contributed by atoms with Gasteiger partial charge in [0.15, 0.2) is 5.78 Å². The third-order valence-corrected chi connectivity index (χ3v) is 4.34. The second kappa shape index (κ2) is 6.17. The number of hydrogen-bond acceptors (Lipinski definition) is 3. The van der Waals surface area contributed by atoms with E-state index in [9.17, 15) is 14.4 Å². The van der Waals surface area contributed by atoms with Crippen LogP contribution in [0.15, 0.2) is 0 Å². The van der Waals surface area contributed by atoms with Crippen LogP contribution in [-0.4, -0.2) is 23.6 Å². The maximum Gasteiger partial charge on any atom is 0.224 e. The van der Waals surface area contributed by atoms with E-state index >= 15 is 0 Å². The van der Waals surface area contributed by atoms with Crippen LogP contribution in [0.5, 0.6) is 0 Å². The van der Waals surface area contributed by atoms with E-state index in [4.69, 9.17) is 5.73 Å². The van der Waals surface area contributed by atoms with E-state index in [0.717, 1.165) is 32.1 Å². The van der Waals surface area contributed by atoms with Crippen molar-refractivity contribution in [2.24, 2.45) is 17.6 Å². The van der Waals surface area contributed by atoms with Crippen molar-refractivity contribution in [2.75, 3.05) is 0 Å². The average Bonchev–Trinajstić information content (AvgIpc) is 2.41. The number of primary amides is 1. The summed E-state index contributed by atoms with van der Waals surface area (Å²) in [7, 11) is 0. The Morgan fingerprint density at radius 3 is 2.26 bits per heavy atom. The molecular weight excluding hydrogens is 244 g/mol. The Labute approximate surface area is 113 Å². The van der Waals surface area contributed by atoms with E-state index in [1.807, 2.05) is 0 Å². The van der Waals surface area contributed by atoms with Crippen molar-refractivity contribution in [3.05, 3.63) is 0 Å². The van der Waals surface area contributed by atoms with Gasteiger partial charge in [0, 0.05) is 18.3 Å². The van der Waals surface area contributed by atoms with Crippen LogP contribution in [0.4, 0.5) is 0 Å². The van der Waals surface area contributed by atoms with E-state index in [2.05, 4.69) is 5.32 Å². The van der Waals surface area contributed by atoms with Crippen molar-refractivity contribution >= 4 is 17.6 Å². The predicted molar refractivity (Wildman–Crippen MR) is 70.0 cm³/mol. The van der Waals surface area contributed by atoms with E-state index < -0.39 is 5.91 Å². The number of carbonyl (C=O) groups excluding carboxylic acids is 3. The molecule has 0 aromatic heterocycles. The van der Waals surface area contributed by atoms with Gasteiger partial charge in [-0.15, -0.1) is 0 Å². The molecule has 0 saturated heterocycles. The Morgan fingerprint density at radius 2 is 1.63 bits per heavy atom. The van der Waals surface area contributed by atoms with Crippen molar-refractivity contribution in [3.8, 4) is 0 Å². The van der Waals surface area contributed by atoms with Crippen molar-refractivity contribution in [1.82, 2.24) is 5.32 Å². The number of ketones is 1. The van der Waals surface area contributed by atoms with Crippen molar-refractivity contribution in [2.45, 2.75) is 57.4 Å². The van der Waals surface area contributed by atoms with Crippen LogP contribution in [0, 0.1) is 11.8 Å². The van der Waals surface area contributed by atoms with E-state index in [-0.39, 0.29) is 29.6 Å². The van der Waals surface area contributed by atoms with Gasteiger partial charge < -0.3 is 11.1 Å². The van der Waals surface area contributed by atoms with Gasteiger partial charge in [0.1, 0.15) is 0 Å². The first-order valence-corrected chi connectivity index (χ1v) is 7.22. The average molecular weight is 266 g/mol. The molecule has 2 saturated carbocycles. The molecule has 0 aliphatic heterocycles. The SMILES string of the molecule is NC(=O)[C@H]1CCCC[C@H]1C(=O)N[C@H]1CCCCC1=O. The Morgan fingerprint density at radius 1 is 1.00 bits per heavy atom. The smallest absolute Gasteiger partial charge is 0.224 e. The summed E-state index contributed by atoms with van der Waals surface area (Å²) in [6.07, 6.45) is 6.43. The number of Topliss-reactive ketones (excluding diaryl/α,β-unsaturated/α-hetero) is 1. The molecule has 5 heteroatoms. The van der Waals surface area contributed by atoms with Crippen molar-refractivity contribution in [1.29, 1.82) is 0 Å². The Hall–Kier alpha value is -1.39. The molecule has 2 rings (SSSR count). The molecule has 0 bridgehead atoms. The zero-order valence-electron chi connectivity index (χ0n) is 11.2. The molecule has 0 aromatic rings. The molecule has 0 aromatic carbocycles. The second-order valence-corrected chi connectivity index (χ2v) is 5.67. The Balaban J connectivity index is 1.97. The molecule has 106 valence electrons. The van der Waals surface area contributed by atoms with Crippen molar-refractivity contribution in [3.63, 3.8) is 0 Å². The lowest BCUT2D eigenvalue weighted by Gasteiger charge is -2.30. The number of nitrogens with one attached hydrogen (secondary N) is 1. The molecule has 3 N–H and O–H groups in total. The summed E-state index contributed by atoms with van der Waals surface area (Å²) in [6, 6.07) is -0.350. The Kier molecular flexibility index (Phi) is 4.56. The lowest BCUT2D eigenvalue weighted by Crippen LogP contribution is -2.48. The maximum atomic E-state index is 12.3. The molecule has 0 heterocycles. The lowest BCUT2D eigenvalue weighted by molar-refractivity contribution is -0.137. The summed E-state index contributed by atoms with van der Waals surface area (Å²) >= 11 is 0. The monoisotopic (exact) mass is 266 g/mol. The second-order valence-electron chi connectivity index (χ2n) is 5.67. The third-order valence-electron chi connectivity index (χ3n) is 4.34. The number of hydrogen-bond donors (Lipinski definition) is 2. The fourth-order valence-electron chi connectivity index (χ4n) is 3.20. The molecule has 3 atom stereocenters. The minimum atomic E-state index is -0.394. The van der Waals surface area contributed by atoms with Gasteiger partial charge >= 0.3 is 0 Å². The molecule has 0 unspecified atom stereocenters. The van der Waals surface area contributed by atoms with Crippen LogP contribution >= 0.6 is 0 Å². The molecule has 2 aliphatic carbocycles. The quantitative estimate of drug-likeness (QED) is 0.795. The summed E-state index contributed by atoms with van der Waals surface area (Å²) in [6.45, 7) is 0. The fraction of sp³-hybridized carbons (Fsp3) is 0.786. The molecule has 19 heavy (non-hydrogen) atoms. The Bertz CT molecular complexity index is 381. The van der Waals surface area contributed by atoms with E-state index in [1.54, 1.807) is 0 Å². The lowest BCUT2D eigenvalue weighted by atomic mass is 9.78. The molecule has 2 amide bonds. The van der Waals surface area contributed by atoms with Gasteiger partial charge in [-0.05, 0) is 25.7 Å². The molecule has 5 nitrogen and oxygen atoms in total. The van der Waals surface area contributed by atoms with Crippen LogP contribution in [0.3, 0.4) is 0 Å². The minimum Gasteiger partial charge on any atom is -0.369 e. The predicted octanol–water partition coefficient (Wildman–Crippen LogP) is 0.906. The first kappa shape index (κ1) is 14.0. The van der Waals surface area contributed by atoms with Crippen molar-refractivity contribution < 1.29 is 14.4 Å². The number of carbonyl (C=O) groups is 3. The summed E-state index contributed by atoms with van der Waals surface area (Å²) in [5, 5.41) is 2.83. The van der Waals surface area contributed by atoms with Crippen LogP contribution in [0.25, 0.3) is 0 Å². The molecule has 0 spiro atoms. The summed E-state index contributed by atoms with van der Waals surface area (Å²) in [5.41, 5.74) is 5.37. The number of nitrogens with two attached hydrogens (primary N) is 1. The van der Waals surface area contributed by atoms with Crippen LogP contribution in [-0.2, 0) is 14.4 Å². The largest absolute Gasteiger partial charge is 0.369 e. The topological polar surface area (TPSA) is 89.3 Å². The maximum absolute atomic E-state index is 12.3. The van der Waals surface area contributed by atoms with Gasteiger partial charge in [-0.1, -0.05) is 19.3 Å². The standard InChI is InChI=1S/C14H22N2O3/c15-13(18)9-5-1-2-6-10(9)14(19)16-11-7-3-4-8-12(11)17/h9-11H,1-8H2,(H2,15,18)(H,16,19)/t9-,10+,11-/m0/s1. The zero-order chi connectivity index (χ0) is 13.8. The minimum absolute atomic E-state index is 0.117. The highest BCUT2D eigenvalue weighted by Crippen LogP contribution is 2.30. The van der Waals surface area contributed by atoms with Gasteiger partial charge in [0.2, 0.25) is 11.8 Å². The first-order chi connectivity index (χ1) is 9.09. The van der Waals surface area contributed by atoms with Gasteiger partial charge in [-0.3, -0.25) is 14.4 Å². The molecule has 2 aliphatic rings.